The van der Waals surface area contributed by atoms with Crippen LogP contribution in [-0.2, 0) is 47.6 Å². The highest BCUT2D eigenvalue weighted by molar-refractivity contribution is 5.96. The predicted octanol–water partition coefficient (Wildman–Crippen LogP) is 16.1. The summed E-state index contributed by atoms with van der Waals surface area (Å²) in [6.45, 7) is 17.0. The molecule has 2 bridgehead atoms. The van der Waals surface area contributed by atoms with Crippen LogP contribution in [0.5, 0.6) is 0 Å². The van der Waals surface area contributed by atoms with Crippen molar-refractivity contribution in [2.24, 2.45) is 22.7 Å². The molecule has 2 aromatic rings. The zero-order valence-corrected chi connectivity index (χ0v) is 57.8. The number of ether oxygens (including phenoxy) is 6. The summed E-state index contributed by atoms with van der Waals surface area (Å²) >= 11 is 0. The van der Waals surface area contributed by atoms with Gasteiger partial charge >= 0.3 is 30.0 Å². The summed E-state index contributed by atoms with van der Waals surface area (Å²) in [5.74, 6) is -6.68. The van der Waals surface area contributed by atoms with Gasteiger partial charge in [-0.25, -0.2) is 9.59 Å². The monoisotopic (exact) mass is 1300 g/mol. The van der Waals surface area contributed by atoms with Crippen LogP contribution in [0.4, 0.5) is 4.79 Å². The van der Waals surface area contributed by atoms with Gasteiger partial charge in [0, 0.05) is 37.0 Å². The minimum absolute atomic E-state index is 0.0688. The van der Waals surface area contributed by atoms with E-state index in [-0.39, 0.29) is 49.0 Å². The maximum absolute atomic E-state index is 16.7. The number of aliphatic hydroxyl groups is 2. The number of amides is 1. The number of carbonyl (C=O) groups excluding carboxylic acids is 6. The molecule has 1 amide bonds. The van der Waals surface area contributed by atoms with E-state index in [0.29, 0.717) is 24.8 Å². The minimum Gasteiger partial charge on any atom is -0.461 e. The van der Waals surface area contributed by atoms with Gasteiger partial charge in [0.25, 0.3) is 0 Å². The molecule has 6 rings (SSSR count). The summed E-state index contributed by atoms with van der Waals surface area (Å²) in [5.41, 5.74) is -8.07. The summed E-state index contributed by atoms with van der Waals surface area (Å²) in [4.78, 5) is 88.8. The van der Waals surface area contributed by atoms with Gasteiger partial charge in [-0.05, 0) is 147 Å². The number of allylic oxidation sites excluding steroid dienone is 20. The third kappa shape index (κ3) is 20.9. The van der Waals surface area contributed by atoms with Crippen molar-refractivity contribution in [2.45, 2.75) is 225 Å². The Morgan fingerprint density at radius 3 is 1.54 bits per heavy atom. The number of alkyl carbamates (subject to hydrolysis) is 1. The standard InChI is InChI=1S/C80H105NO14/c1-11-13-15-17-19-21-23-25-27-29-31-33-35-37-39-47-53-65(82)92-63-55-64-79(88,57-90-64)70-72(94-74(86)61-51-45-42-46-52-61)80(89)56-62(91-73(85)59(4)68(60-49-43-41-44-50-60)81-75(87)95-76(5,6)7)58(3)67(77(80,8)9)69(71(84)78(63,70)10)93-66(83)54-48-40-38-36-34-32-30-28-26-24-22-20-18-16-14-12-2/h13-16,19-22,25-28,31-34,37-46,49-52,59,62-64,68-70,72,88-89H,11-12,17-18,23-24,29-30,35-36,47-48,53-57H2,1-10H3,(H,81,87)/b15-13-,16-14-,21-19-,22-20-,27-25-,28-26-,33-31-,34-32-,39-37-,40-38-. The lowest BCUT2D eigenvalue weighted by Gasteiger charge is -2.67. The normalized spacial score (nSPS) is 26.0. The minimum atomic E-state index is -2.39. The Bertz CT molecular complexity index is 3210. The Balaban J connectivity index is 1.36. The molecule has 4 aliphatic rings. The van der Waals surface area contributed by atoms with Crippen LogP contribution in [0.25, 0.3) is 0 Å². The Kier molecular flexibility index (Phi) is 29.7. The van der Waals surface area contributed by atoms with E-state index in [1.165, 1.54) is 19.1 Å². The highest BCUT2D eigenvalue weighted by Crippen LogP contribution is 2.64. The summed E-state index contributed by atoms with van der Waals surface area (Å²) < 4.78 is 37.8. The van der Waals surface area contributed by atoms with E-state index >= 15 is 4.79 Å². The van der Waals surface area contributed by atoms with Crippen LogP contribution in [0.2, 0.25) is 0 Å². The largest absolute Gasteiger partial charge is 0.461 e. The topological polar surface area (TPSA) is 210 Å². The first-order valence-corrected chi connectivity index (χ1v) is 34.2. The zero-order chi connectivity index (χ0) is 69.1. The molecule has 514 valence electrons. The first-order valence-electron chi connectivity index (χ1n) is 34.2. The lowest BCUT2D eigenvalue weighted by atomic mass is 9.44. The number of rotatable bonds is 33. The van der Waals surface area contributed by atoms with Gasteiger partial charge in [0.2, 0.25) is 0 Å². The average molecular weight is 1300 g/mol. The van der Waals surface area contributed by atoms with Gasteiger partial charge in [0.05, 0.1) is 35.6 Å². The van der Waals surface area contributed by atoms with Crippen molar-refractivity contribution >= 4 is 35.8 Å². The van der Waals surface area contributed by atoms with E-state index in [1.807, 2.05) is 36.5 Å². The highest BCUT2D eigenvalue weighted by atomic mass is 16.6. The summed E-state index contributed by atoms with van der Waals surface area (Å²) in [6.07, 6.45) is 41.3. The van der Waals surface area contributed by atoms with Crippen molar-refractivity contribution in [3.8, 4) is 0 Å². The molecule has 15 heteroatoms. The van der Waals surface area contributed by atoms with Crippen LogP contribution < -0.4 is 5.32 Å². The van der Waals surface area contributed by atoms with Gasteiger partial charge in [-0.1, -0.05) is 198 Å². The van der Waals surface area contributed by atoms with E-state index in [0.717, 1.165) is 51.4 Å². The maximum atomic E-state index is 16.7. The molecule has 1 heterocycles. The van der Waals surface area contributed by atoms with E-state index < -0.39 is 118 Å². The highest BCUT2D eigenvalue weighted by Gasteiger charge is 2.77. The fourth-order valence-electron chi connectivity index (χ4n) is 13.1. The Hall–Kier alpha value is -7.72. The molecule has 3 aliphatic carbocycles. The van der Waals surface area contributed by atoms with Crippen LogP contribution in [0.1, 0.15) is 194 Å². The molecule has 1 saturated heterocycles. The van der Waals surface area contributed by atoms with Crippen molar-refractivity contribution in [2.75, 3.05) is 6.61 Å². The molecule has 11 atom stereocenters. The third-order valence-corrected chi connectivity index (χ3v) is 18.4. The van der Waals surface area contributed by atoms with Gasteiger partial charge in [0.1, 0.15) is 35.1 Å². The maximum Gasteiger partial charge on any atom is 0.408 e. The van der Waals surface area contributed by atoms with E-state index in [1.54, 1.807) is 97.0 Å². The van der Waals surface area contributed by atoms with Crippen molar-refractivity contribution in [1.29, 1.82) is 0 Å². The van der Waals surface area contributed by atoms with Gasteiger partial charge in [0.15, 0.2) is 11.9 Å². The number of nitrogens with one attached hydrogen (secondary N) is 1. The second-order valence-corrected chi connectivity index (χ2v) is 26.8. The summed E-state index contributed by atoms with van der Waals surface area (Å²) in [5, 5.41) is 30.4. The Morgan fingerprint density at radius 1 is 0.632 bits per heavy atom. The van der Waals surface area contributed by atoms with Crippen LogP contribution >= 0.6 is 0 Å². The number of hydrogen-bond donors (Lipinski definition) is 3. The SMILES string of the molecule is CC/C=C\C/C=C\C/C=C\C/C=C\C/C=C\CCC(=O)OC1C(=O)C2(C)C(OC(=O)CC/C=C\C/C=C\C/C=C\C/C=C\C/C=C\CC)CC3OCC3(O)C2C(OC(=O)c2ccccc2)C2(O)CC(OC(=O)C(C)C(NC(=O)OC(C)(C)C)c3ccccc3)C(C)=C1C2(C)C. The Morgan fingerprint density at radius 2 is 1.08 bits per heavy atom. The summed E-state index contributed by atoms with van der Waals surface area (Å²) in [7, 11) is 0. The second kappa shape index (κ2) is 37.0. The molecule has 0 aromatic heterocycles. The van der Waals surface area contributed by atoms with Crippen LogP contribution in [0.15, 0.2) is 193 Å². The number of esters is 4. The van der Waals surface area contributed by atoms with Crippen molar-refractivity contribution in [3.05, 3.63) is 204 Å². The molecule has 1 aliphatic heterocycles. The van der Waals surface area contributed by atoms with E-state index in [2.05, 4.69) is 104 Å². The van der Waals surface area contributed by atoms with Crippen LogP contribution in [0.3, 0.4) is 0 Å². The van der Waals surface area contributed by atoms with Crippen LogP contribution in [-0.4, -0.2) is 99.9 Å². The number of fused-ring (bicyclic) bond motifs is 5. The fourth-order valence-corrected chi connectivity index (χ4v) is 13.1. The first kappa shape index (κ1) is 76.3. The summed E-state index contributed by atoms with van der Waals surface area (Å²) in [6, 6.07) is 15.9. The molecule has 15 nitrogen and oxygen atoms in total. The lowest BCUT2D eigenvalue weighted by molar-refractivity contribution is -0.344. The number of benzene rings is 2. The van der Waals surface area contributed by atoms with Gasteiger partial charge < -0.3 is 44.0 Å². The van der Waals surface area contributed by atoms with Gasteiger partial charge in [-0.15, -0.1) is 0 Å². The number of ketones is 1. The first-order chi connectivity index (χ1) is 45.4. The van der Waals surface area contributed by atoms with E-state index in [9.17, 15) is 34.2 Å². The van der Waals surface area contributed by atoms with Crippen molar-refractivity contribution < 1.29 is 67.4 Å². The number of Topliss-reactive ketones (excluding diaryl/α,β-unsaturated/α-hetero) is 1. The molecule has 2 aromatic carbocycles. The Labute approximate surface area is 564 Å². The number of hydrogen-bond acceptors (Lipinski definition) is 14. The molecular weight excluding hydrogens is 1200 g/mol. The number of carbonyl (C=O) groups is 6. The lowest BCUT2D eigenvalue weighted by Crippen LogP contribution is -2.81. The molecular formula is C80H105NO14. The van der Waals surface area contributed by atoms with Crippen molar-refractivity contribution in [3.63, 3.8) is 0 Å². The van der Waals surface area contributed by atoms with Gasteiger partial charge in [-0.3, -0.25) is 19.2 Å². The molecule has 0 radical (unpaired) electrons. The molecule has 95 heavy (non-hydrogen) atoms. The van der Waals surface area contributed by atoms with Gasteiger partial charge in [-0.2, -0.15) is 0 Å². The fraction of sp³-hybridized carbons (Fsp3) is 0.500. The zero-order valence-electron chi connectivity index (χ0n) is 57.8. The smallest absolute Gasteiger partial charge is 0.408 e. The molecule has 3 N–H and O–H groups in total. The molecule has 2 saturated carbocycles. The van der Waals surface area contributed by atoms with E-state index in [4.69, 9.17) is 28.4 Å². The average Bonchev–Trinajstić information content (AvgIpc) is 0.672. The predicted molar refractivity (Wildman–Crippen MR) is 372 cm³/mol. The van der Waals surface area contributed by atoms with Crippen molar-refractivity contribution in [1.82, 2.24) is 5.32 Å². The quantitative estimate of drug-likeness (QED) is 0.0345. The second-order valence-electron chi connectivity index (χ2n) is 26.8. The third-order valence-electron chi connectivity index (χ3n) is 18.4. The molecule has 0 spiro atoms. The molecule has 3 fully saturated rings. The van der Waals surface area contributed by atoms with Crippen LogP contribution in [0, 0.1) is 22.7 Å². The molecule has 11 unspecified atom stereocenters.